The van der Waals surface area contributed by atoms with E-state index in [2.05, 4.69) is 17.0 Å². The van der Waals surface area contributed by atoms with Gasteiger partial charge in [-0.2, -0.15) is 0 Å². The lowest BCUT2D eigenvalue weighted by atomic mass is 9.72. The van der Waals surface area contributed by atoms with Crippen LogP contribution < -0.4 is 9.64 Å². The first-order valence-corrected chi connectivity index (χ1v) is 8.85. The Morgan fingerprint density at radius 2 is 1.56 bits per heavy atom. The van der Waals surface area contributed by atoms with Crippen LogP contribution in [0.4, 0.5) is 5.69 Å². The lowest BCUT2D eigenvalue weighted by Crippen LogP contribution is -2.36. The standard InChI is InChI=1S/C21H25NO3/c1-3-21(20(23)24,17-8-12-19(25-2)13-9-17)16-6-10-18(11-7-16)22-14-4-5-15-22/h6-13H,3-5,14-15H2,1-2H3,(H,23,24). The quantitative estimate of drug-likeness (QED) is 0.862. The zero-order chi connectivity index (χ0) is 17.9. The van der Waals surface area contributed by atoms with Gasteiger partial charge in [0.05, 0.1) is 7.11 Å². The number of ether oxygens (including phenoxy) is 1. The molecule has 0 spiro atoms. The van der Waals surface area contributed by atoms with Gasteiger partial charge in [0.25, 0.3) is 0 Å². The minimum absolute atomic E-state index is 0.484. The number of carboxylic acids is 1. The molecule has 1 atom stereocenters. The van der Waals surface area contributed by atoms with Gasteiger partial charge in [-0.15, -0.1) is 0 Å². The molecule has 1 fully saturated rings. The first-order valence-electron chi connectivity index (χ1n) is 8.85. The maximum atomic E-state index is 12.3. The number of nitrogens with zero attached hydrogens (tertiary/aromatic N) is 1. The third-order valence-electron chi connectivity index (χ3n) is 5.31. The van der Waals surface area contributed by atoms with Crippen molar-refractivity contribution in [3.05, 3.63) is 59.7 Å². The van der Waals surface area contributed by atoms with Crippen LogP contribution in [0.15, 0.2) is 48.5 Å². The van der Waals surface area contributed by atoms with E-state index in [1.165, 1.54) is 18.5 Å². The van der Waals surface area contributed by atoms with Crippen molar-refractivity contribution < 1.29 is 14.6 Å². The molecule has 1 aliphatic rings. The van der Waals surface area contributed by atoms with Crippen LogP contribution in [0.2, 0.25) is 0 Å². The summed E-state index contributed by atoms with van der Waals surface area (Å²) < 4.78 is 5.20. The average molecular weight is 339 g/mol. The Hall–Kier alpha value is -2.49. The van der Waals surface area contributed by atoms with Crippen molar-refractivity contribution in [1.29, 1.82) is 0 Å². The fraction of sp³-hybridized carbons (Fsp3) is 0.381. The van der Waals surface area contributed by atoms with Crippen molar-refractivity contribution >= 4 is 11.7 Å². The van der Waals surface area contributed by atoms with Gasteiger partial charge in [-0.05, 0) is 54.7 Å². The van der Waals surface area contributed by atoms with Crippen LogP contribution in [0, 0.1) is 0 Å². The van der Waals surface area contributed by atoms with Crippen LogP contribution in [-0.2, 0) is 10.2 Å². The van der Waals surface area contributed by atoms with E-state index in [0.717, 1.165) is 30.0 Å². The van der Waals surface area contributed by atoms with Crippen LogP contribution in [0.3, 0.4) is 0 Å². The Morgan fingerprint density at radius 1 is 1.04 bits per heavy atom. The molecule has 0 aromatic heterocycles. The molecule has 4 heteroatoms. The van der Waals surface area contributed by atoms with Gasteiger partial charge in [0, 0.05) is 18.8 Å². The van der Waals surface area contributed by atoms with Gasteiger partial charge < -0.3 is 14.7 Å². The highest BCUT2D eigenvalue weighted by Gasteiger charge is 2.40. The first kappa shape index (κ1) is 17.3. The highest BCUT2D eigenvalue weighted by Crippen LogP contribution is 2.38. The summed E-state index contributed by atoms with van der Waals surface area (Å²) in [7, 11) is 1.61. The zero-order valence-electron chi connectivity index (χ0n) is 14.9. The molecular formula is C21H25NO3. The van der Waals surface area contributed by atoms with E-state index in [1.807, 2.05) is 43.3 Å². The summed E-state index contributed by atoms with van der Waals surface area (Å²) in [5, 5.41) is 10.1. The molecular weight excluding hydrogens is 314 g/mol. The Balaban J connectivity index is 2.00. The summed E-state index contributed by atoms with van der Waals surface area (Å²) in [5.74, 6) is -0.0994. The van der Waals surface area contributed by atoms with Crippen molar-refractivity contribution in [2.45, 2.75) is 31.6 Å². The summed E-state index contributed by atoms with van der Waals surface area (Å²) in [4.78, 5) is 14.7. The molecule has 2 aromatic carbocycles. The highest BCUT2D eigenvalue weighted by molar-refractivity contribution is 5.86. The minimum atomic E-state index is -1.05. The molecule has 1 saturated heterocycles. The maximum absolute atomic E-state index is 12.3. The van der Waals surface area contributed by atoms with Gasteiger partial charge in [0.1, 0.15) is 11.2 Å². The van der Waals surface area contributed by atoms with Gasteiger partial charge in [-0.25, -0.2) is 0 Å². The number of anilines is 1. The predicted octanol–water partition coefficient (Wildman–Crippen LogP) is 4.08. The predicted molar refractivity (Wildman–Crippen MR) is 99.6 cm³/mol. The van der Waals surface area contributed by atoms with E-state index in [1.54, 1.807) is 7.11 Å². The minimum Gasteiger partial charge on any atom is -0.497 e. The molecule has 0 saturated carbocycles. The van der Waals surface area contributed by atoms with E-state index < -0.39 is 11.4 Å². The monoisotopic (exact) mass is 339 g/mol. The molecule has 132 valence electrons. The third kappa shape index (κ3) is 3.09. The average Bonchev–Trinajstić information content (AvgIpc) is 3.18. The largest absolute Gasteiger partial charge is 0.497 e. The summed E-state index contributed by atoms with van der Waals surface area (Å²) in [5.41, 5.74) is 1.72. The van der Waals surface area contributed by atoms with Crippen LogP contribution in [0.5, 0.6) is 5.75 Å². The number of rotatable bonds is 6. The van der Waals surface area contributed by atoms with Gasteiger partial charge in [-0.1, -0.05) is 31.2 Å². The van der Waals surface area contributed by atoms with Gasteiger partial charge in [0.2, 0.25) is 0 Å². The van der Waals surface area contributed by atoms with E-state index in [0.29, 0.717) is 6.42 Å². The molecule has 4 nitrogen and oxygen atoms in total. The number of benzene rings is 2. The molecule has 0 bridgehead atoms. The number of carboxylic acid groups (broad SMARTS) is 1. The Morgan fingerprint density at radius 3 is 2.00 bits per heavy atom. The summed E-state index contributed by atoms with van der Waals surface area (Å²) in [6.45, 7) is 4.08. The van der Waals surface area contributed by atoms with Crippen molar-refractivity contribution in [3.8, 4) is 5.75 Å². The molecule has 0 aliphatic carbocycles. The van der Waals surface area contributed by atoms with E-state index >= 15 is 0 Å². The molecule has 1 aliphatic heterocycles. The molecule has 1 unspecified atom stereocenters. The third-order valence-corrected chi connectivity index (χ3v) is 5.31. The lowest BCUT2D eigenvalue weighted by Gasteiger charge is -2.30. The first-order chi connectivity index (χ1) is 12.1. The number of hydrogen-bond acceptors (Lipinski definition) is 3. The van der Waals surface area contributed by atoms with E-state index in [-0.39, 0.29) is 0 Å². The summed E-state index contributed by atoms with van der Waals surface area (Å²) in [6.07, 6.45) is 2.93. The van der Waals surface area contributed by atoms with Gasteiger partial charge in [0.15, 0.2) is 0 Å². The van der Waals surface area contributed by atoms with Crippen molar-refractivity contribution in [2.75, 3.05) is 25.1 Å². The molecule has 1 N–H and O–H groups in total. The Kier molecular flexibility index (Phi) is 4.98. The van der Waals surface area contributed by atoms with Crippen LogP contribution in [-0.4, -0.2) is 31.3 Å². The summed E-state index contributed by atoms with van der Waals surface area (Å²) >= 11 is 0. The van der Waals surface area contributed by atoms with E-state index in [4.69, 9.17) is 4.74 Å². The number of methoxy groups -OCH3 is 1. The second-order valence-corrected chi connectivity index (χ2v) is 6.53. The van der Waals surface area contributed by atoms with Gasteiger partial charge in [-0.3, -0.25) is 4.79 Å². The van der Waals surface area contributed by atoms with Crippen LogP contribution in [0.1, 0.15) is 37.3 Å². The second kappa shape index (κ2) is 7.18. The Labute approximate surface area is 149 Å². The highest BCUT2D eigenvalue weighted by atomic mass is 16.5. The zero-order valence-corrected chi connectivity index (χ0v) is 14.9. The van der Waals surface area contributed by atoms with Crippen molar-refractivity contribution in [1.82, 2.24) is 0 Å². The molecule has 0 amide bonds. The molecule has 1 heterocycles. The smallest absolute Gasteiger partial charge is 0.318 e. The lowest BCUT2D eigenvalue weighted by molar-refractivity contribution is -0.142. The SMILES string of the molecule is CCC(C(=O)O)(c1ccc(OC)cc1)c1ccc(N2CCCC2)cc1. The fourth-order valence-corrected chi connectivity index (χ4v) is 3.78. The molecule has 25 heavy (non-hydrogen) atoms. The van der Waals surface area contributed by atoms with Crippen LogP contribution >= 0.6 is 0 Å². The Bertz CT molecular complexity index is 718. The number of carbonyl (C=O) groups is 1. The molecule has 0 radical (unpaired) electrons. The van der Waals surface area contributed by atoms with Crippen LogP contribution in [0.25, 0.3) is 0 Å². The van der Waals surface area contributed by atoms with Crippen molar-refractivity contribution in [3.63, 3.8) is 0 Å². The molecule has 2 aromatic rings. The van der Waals surface area contributed by atoms with Gasteiger partial charge >= 0.3 is 5.97 Å². The number of hydrogen-bond donors (Lipinski definition) is 1. The molecule has 3 rings (SSSR count). The summed E-state index contributed by atoms with van der Waals surface area (Å²) in [6, 6.07) is 15.4. The second-order valence-electron chi connectivity index (χ2n) is 6.53. The fourth-order valence-electron chi connectivity index (χ4n) is 3.78. The maximum Gasteiger partial charge on any atom is 0.318 e. The normalized spacial score (nSPS) is 16.5. The van der Waals surface area contributed by atoms with E-state index in [9.17, 15) is 9.90 Å². The topological polar surface area (TPSA) is 49.8 Å². The number of aliphatic carboxylic acids is 1. The van der Waals surface area contributed by atoms with Crippen molar-refractivity contribution in [2.24, 2.45) is 0 Å².